The number of aliphatic hydroxyl groups is 1. The van der Waals surface area contributed by atoms with E-state index in [1.54, 1.807) is 13.8 Å². The second-order valence-electron chi connectivity index (χ2n) is 4.91. The van der Waals surface area contributed by atoms with E-state index >= 15 is 0 Å². The zero-order chi connectivity index (χ0) is 14.6. The number of nitrogen functional groups attached to an aromatic ring is 1. The van der Waals surface area contributed by atoms with Crippen LogP contribution in [-0.4, -0.2) is 41.9 Å². The van der Waals surface area contributed by atoms with Crippen LogP contribution in [0.25, 0.3) is 0 Å². The highest BCUT2D eigenvalue weighted by Gasteiger charge is 2.22. The number of pyridine rings is 1. The van der Waals surface area contributed by atoms with E-state index in [0.29, 0.717) is 18.9 Å². The first-order valence-corrected chi connectivity index (χ1v) is 6.10. The summed E-state index contributed by atoms with van der Waals surface area (Å²) in [5, 5.41) is 9.89. The number of hydrogen-bond donors (Lipinski definition) is 2. The van der Waals surface area contributed by atoms with Crippen molar-refractivity contribution in [2.75, 3.05) is 30.8 Å². The van der Waals surface area contributed by atoms with Crippen LogP contribution in [0.1, 0.15) is 31.1 Å². The summed E-state index contributed by atoms with van der Waals surface area (Å²) in [4.78, 5) is 17.6. The van der Waals surface area contributed by atoms with E-state index in [9.17, 15) is 9.90 Å². The molecule has 0 aliphatic carbocycles. The van der Waals surface area contributed by atoms with Gasteiger partial charge in [0, 0.05) is 19.3 Å². The molecule has 6 nitrogen and oxygen atoms in total. The number of methoxy groups -OCH3 is 1. The molecule has 0 atom stereocenters. The van der Waals surface area contributed by atoms with Crippen LogP contribution in [0.2, 0.25) is 0 Å². The van der Waals surface area contributed by atoms with Crippen LogP contribution >= 0.6 is 0 Å². The van der Waals surface area contributed by atoms with Gasteiger partial charge in [0.25, 0.3) is 0 Å². The van der Waals surface area contributed by atoms with Gasteiger partial charge in [0.05, 0.1) is 24.0 Å². The number of nitrogens with zero attached hydrogens (tertiary/aromatic N) is 2. The SMILES string of the molecule is CCN(CC(C)(C)O)c1nccc(C(=O)OC)c1N. The molecule has 1 aromatic rings. The van der Waals surface area contributed by atoms with Crippen molar-refractivity contribution in [3.05, 3.63) is 17.8 Å². The first kappa shape index (κ1) is 15.2. The topological polar surface area (TPSA) is 88.7 Å². The maximum Gasteiger partial charge on any atom is 0.340 e. The largest absolute Gasteiger partial charge is 0.465 e. The molecule has 0 fully saturated rings. The Kier molecular flexibility index (Phi) is 4.72. The van der Waals surface area contributed by atoms with Crippen molar-refractivity contribution in [2.24, 2.45) is 0 Å². The predicted octanol–water partition coefficient (Wildman–Crippen LogP) is 1.05. The smallest absolute Gasteiger partial charge is 0.340 e. The Morgan fingerprint density at radius 2 is 2.21 bits per heavy atom. The molecule has 1 heterocycles. The van der Waals surface area contributed by atoms with Crippen molar-refractivity contribution in [3.63, 3.8) is 0 Å². The van der Waals surface area contributed by atoms with Crippen molar-refractivity contribution >= 4 is 17.5 Å². The molecule has 0 aromatic carbocycles. The van der Waals surface area contributed by atoms with Crippen molar-refractivity contribution in [2.45, 2.75) is 26.4 Å². The highest BCUT2D eigenvalue weighted by atomic mass is 16.5. The molecular formula is C13H21N3O3. The average molecular weight is 267 g/mol. The maximum absolute atomic E-state index is 11.6. The number of ether oxygens (including phenoxy) is 1. The molecule has 0 amide bonds. The van der Waals surface area contributed by atoms with Crippen LogP contribution in [0.5, 0.6) is 0 Å². The fourth-order valence-electron chi connectivity index (χ4n) is 1.81. The molecule has 0 saturated carbocycles. The summed E-state index contributed by atoms with van der Waals surface area (Å²) >= 11 is 0. The van der Waals surface area contributed by atoms with Crippen molar-refractivity contribution in [3.8, 4) is 0 Å². The molecule has 0 spiro atoms. The second kappa shape index (κ2) is 5.88. The van der Waals surface area contributed by atoms with Crippen LogP contribution in [0.15, 0.2) is 12.3 Å². The highest BCUT2D eigenvalue weighted by molar-refractivity contribution is 5.97. The summed E-state index contributed by atoms with van der Waals surface area (Å²) < 4.78 is 4.67. The molecular weight excluding hydrogens is 246 g/mol. The fraction of sp³-hybridized carbons (Fsp3) is 0.538. The third-order valence-corrected chi connectivity index (χ3v) is 2.63. The molecule has 0 saturated heterocycles. The quantitative estimate of drug-likeness (QED) is 0.775. The molecule has 106 valence electrons. The molecule has 0 aliphatic heterocycles. The normalized spacial score (nSPS) is 11.2. The number of aromatic nitrogens is 1. The monoisotopic (exact) mass is 267 g/mol. The number of hydrogen-bond acceptors (Lipinski definition) is 6. The molecule has 1 rings (SSSR count). The van der Waals surface area contributed by atoms with Gasteiger partial charge in [-0.2, -0.15) is 0 Å². The zero-order valence-electron chi connectivity index (χ0n) is 11.8. The Labute approximate surface area is 113 Å². The maximum atomic E-state index is 11.6. The Hall–Kier alpha value is -1.82. The van der Waals surface area contributed by atoms with Crippen molar-refractivity contribution in [1.29, 1.82) is 0 Å². The Morgan fingerprint density at radius 3 is 2.68 bits per heavy atom. The molecule has 3 N–H and O–H groups in total. The number of carbonyl (C=O) groups is 1. The summed E-state index contributed by atoms with van der Waals surface area (Å²) in [5.41, 5.74) is 5.63. The Bertz CT molecular complexity index is 455. The lowest BCUT2D eigenvalue weighted by Crippen LogP contribution is -2.39. The minimum Gasteiger partial charge on any atom is -0.465 e. The standard InChI is InChI=1S/C13H21N3O3/c1-5-16(8-13(2,3)18)11-10(14)9(6-7-15-11)12(17)19-4/h6-7,18H,5,8,14H2,1-4H3. The average Bonchev–Trinajstić information content (AvgIpc) is 2.34. The van der Waals surface area contributed by atoms with Crippen LogP contribution in [-0.2, 0) is 4.74 Å². The first-order valence-electron chi connectivity index (χ1n) is 6.10. The molecule has 19 heavy (non-hydrogen) atoms. The van der Waals surface area contributed by atoms with Crippen LogP contribution in [0.3, 0.4) is 0 Å². The highest BCUT2D eigenvalue weighted by Crippen LogP contribution is 2.25. The van der Waals surface area contributed by atoms with E-state index in [1.165, 1.54) is 19.4 Å². The lowest BCUT2D eigenvalue weighted by molar-refractivity contribution is 0.0602. The van der Waals surface area contributed by atoms with Gasteiger partial charge in [-0.05, 0) is 26.8 Å². The minimum atomic E-state index is -0.884. The summed E-state index contributed by atoms with van der Waals surface area (Å²) in [5.74, 6) is -0.0204. The van der Waals surface area contributed by atoms with E-state index in [0.717, 1.165) is 0 Å². The van der Waals surface area contributed by atoms with E-state index in [-0.39, 0.29) is 11.3 Å². The van der Waals surface area contributed by atoms with Crippen LogP contribution in [0.4, 0.5) is 11.5 Å². The van der Waals surface area contributed by atoms with Gasteiger partial charge in [0.15, 0.2) is 5.82 Å². The third kappa shape index (κ3) is 3.82. The first-order chi connectivity index (χ1) is 8.80. The molecule has 6 heteroatoms. The van der Waals surface area contributed by atoms with E-state index in [4.69, 9.17) is 5.73 Å². The van der Waals surface area contributed by atoms with Gasteiger partial charge in [0.2, 0.25) is 0 Å². The lowest BCUT2D eigenvalue weighted by atomic mass is 10.1. The van der Waals surface area contributed by atoms with Crippen LogP contribution < -0.4 is 10.6 Å². The number of rotatable bonds is 5. The molecule has 0 aliphatic rings. The van der Waals surface area contributed by atoms with Gasteiger partial charge in [-0.15, -0.1) is 0 Å². The van der Waals surface area contributed by atoms with Gasteiger partial charge in [-0.25, -0.2) is 9.78 Å². The molecule has 1 aromatic heterocycles. The summed E-state index contributed by atoms with van der Waals surface area (Å²) in [7, 11) is 1.30. The summed E-state index contributed by atoms with van der Waals surface area (Å²) in [6.07, 6.45) is 1.50. The van der Waals surface area contributed by atoms with E-state index in [1.807, 2.05) is 11.8 Å². The Morgan fingerprint density at radius 1 is 1.58 bits per heavy atom. The van der Waals surface area contributed by atoms with Gasteiger partial charge in [-0.1, -0.05) is 0 Å². The van der Waals surface area contributed by atoms with Crippen molar-refractivity contribution in [1.82, 2.24) is 4.98 Å². The summed E-state index contributed by atoms with van der Waals surface area (Å²) in [6, 6.07) is 1.52. The number of nitrogens with two attached hydrogens (primary N) is 1. The number of esters is 1. The number of anilines is 2. The fourth-order valence-corrected chi connectivity index (χ4v) is 1.81. The lowest BCUT2D eigenvalue weighted by Gasteiger charge is -2.30. The zero-order valence-corrected chi connectivity index (χ0v) is 11.8. The Balaban J connectivity index is 3.15. The van der Waals surface area contributed by atoms with Gasteiger partial charge < -0.3 is 20.5 Å². The summed E-state index contributed by atoms with van der Waals surface area (Å²) in [6.45, 7) is 6.32. The predicted molar refractivity (Wildman–Crippen MR) is 74.2 cm³/mol. The second-order valence-corrected chi connectivity index (χ2v) is 4.91. The van der Waals surface area contributed by atoms with Gasteiger partial charge >= 0.3 is 5.97 Å². The van der Waals surface area contributed by atoms with Crippen molar-refractivity contribution < 1.29 is 14.6 Å². The minimum absolute atomic E-state index is 0.264. The number of likely N-dealkylation sites (N-methyl/N-ethyl adjacent to an activating group) is 1. The van der Waals surface area contributed by atoms with Crippen LogP contribution in [0, 0.1) is 0 Å². The molecule has 0 unspecified atom stereocenters. The third-order valence-electron chi connectivity index (χ3n) is 2.63. The van der Waals surface area contributed by atoms with E-state index in [2.05, 4.69) is 9.72 Å². The van der Waals surface area contributed by atoms with E-state index < -0.39 is 11.6 Å². The molecule has 0 radical (unpaired) electrons. The molecule has 0 bridgehead atoms. The van der Waals surface area contributed by atoms with Gasteiger partial charge in [0.1, 0.15) is 0 Å². The number of carbonyl (C=O) groups excluding carboxylic acids is 1. The van der Waals surface area contributed by atoms with Gasteiger partial charge in [-0.3, -0.25) is 0 Å².